The van der Waals surface area contributed by atoms with Gasteiger partial charge >= 0.3 is 0 Å². The van der Waals surface area contributed by atoms with E-state index in [1.54, 1.807) is 0 Å². The van der Waals surface area contributed by atoms with E-state index in [0.29, 0.717) is 5.92 Å². The van der Waals surface area contributed by atoms with Crippen molar-refractivity contribution in [1.29, 1.82) is 0 Å². The average molecular weight is 357 g/mol. The summed E-state index contributed by atoms with van der Waals surface area (Å²) in [5, 5.41) is 0. The second kappa shape index (κ2) is 15.7. The first-order valence-corrected chi connectivity index (χ1v) is 10.4. The summed E-state index contributed by atoms with van der Waals surface area (Å²) in [5.74, 6) is 1.47. The second-order valence-corrected chi connectivity index (χ2v) is 7.05. The Bertz CT molecular complexity index is 540. The van der Waals surface area contributed by atoms with E-state index in [1.807, 2.05) is 27.7 Å². The number of rotatable bonds is 3. The van der Waals surface area contributed by atoms with E-state index in [2.05, 4.69) is 90.9 Å². The summed E-state index contributed by atoms with van der Waals surface area (Å²) >= 11 is 0. The lowest BCUT2D eigenvalue weighted by atomic mass is 9.88. The molecule has 26 heavy (non-hydrogen) atoms. The number of benzene rings is 2. The van der Waals surface area contributed by atoms with Gasteiger partial charge in [0.25, 0.3) is 0 Å². The number of hydrogen-bond acceptors (Lipinski definition) is 0. The predicted molar refractivity (Wildman–Crippen MR) is 122 cm³/mol. The Morgan fingerprint density at radius 2 is 1.00 bits per heavy atom. The zero-order valence-corrected chi connectivity index (χ0v) is 19.4. The molecule has 0 aliphatic carbocycles. The van der Waals surface area contributed by atoms with Crippen LogP contribution in [0.4, 0.5) is 0 Å². The summed E-state index contributed by atoms with van der Waals surface area (Å²) in [6.07, 6.45) is 1.28. The van der Waals surface area contributed by atoms with Gasteiger partial charge in [-0.05, 0) is 57.1 Å². The Hall–Kier alpha value is -1.56. The van der Waals surface area contributed by atoms with Gasteiger partial charge in [-0.25, -0.2) is 0 Å². The Labute approximate surface area is 165 Å². The Balaban J connectivity index is 0. The molecule has 1 unspecified atom stereocenters. The second-order valence-electron chi connectivity index (χ2n) is 7.05. The molecule has 148 valence electrons. The molecule has 0 spiro atoms. The van der Waals surface area contributed by atoms with Gasteiger partial charge in [0.1, 0.15) is 0 Å². The standard InChI is InChI=1S/C14H22.C8H10.2C2H6/c1-10(2)8-13(5)14-9-11(3)6-7-12(14)4;1-7-3-5-8(2)6-4-7;2*1-2/h6-7,9-10,13H,8H2,1-5H3;3-6H,1-2H3;2*1-2H3. The summed E-state index contributed by atoms with van der Waals surface area (Å²) in [4.78, 5) is 0. The number of hydrogen-bond donors (Lipinski definition) is 0. The maximum Gasteiger partial charge on any atom is -0.0185 e. The van der Waals surface area contributed by atoms with E-state index in [9.17, 15) is 0 Å². The van der Waals surface area contributed by atoms with Crippen molar-refractivity contribution in [1.82, 2.24) is 0 Å². The van der Waals surface area contributed by atoms with Crippen LogP contribution in [-0.2, 0) is 0 Å². The third kappa shape index (κ3) is 11.9. The lowest BCUT2D eigenvalue weighted by Crippen LogP contribution is -2.01. The van der Waals surface area contributed by atoms with Crippen molar-refractivity contribution in [2.24, 2.45) is 5.92 Å². The highest BCUT2D eigenvalue weighted by Gasteiger charge is 2.10. The summed E-state index contributed by atoms with van der Waals surface area (Å²) in [6.45, 7) is 23.5. The molecule has 0 saturated heterocycles. The zero-order valence-electron chi connectivity index (χ0n) is 19.4. The molecule has 0 amide bonds. The van der Waals surface area contributed by atoms with Crippen LogP contribution in [0.5, 0.6) is 0 Å². The molecular formula is C26H44. The minimum absolute atomic E-state index is 0.690. The molecule has 0 nitrogen and oxygen atoms in total. The molecule has 0 heterocycles. The molecule has 0 aliphatic heterocycles. The largest absolute Gasteiger partial charge is 0.0683 e. The van der Waals surface area contributed by atoms with Crippen LogP contribution in [0.15, 0.2) is 42.5 Å². The van der Waals surface area contributed by atoms with Crippen LogP contribution in [0, 0.1) is 33.6 Å². The Morgan fingerprint density at radius 3 is 1.38 bits per heavy atom. The van der Waals surface area contributed by atoms with E-state index in [1.165, 1.54) is 34.2 Å². The van der Waals surface area contributed by atoms with E-state index >= 15 is 0 Å². The van der Waals surface area contributed by atoms with Crippen molar-refractivity contribution in [2.45, 2.75) is 88.5 Å². The van der Waals surface area contributed by atoms with Crippen molar-refractivity contribution in [2.75, 3.05) is 0 Å². The Morgan fingerprint density at radius 1 is 0.615 bits per heavy atom. The molecule has 0 bridgehead atoms. The van der Waals surface area contributed by atoms with Crippen LogP contribution in [0.3, 0.4) is 0 Å². The maximum atomic E-state index is 2.34. The SMILES string of the molecule is CC.CC.Cc1ccc(C)c(C(C)CC(C)C)c1.Cc1ccc(C)cc1. The van der Waals surface area contributed by atoms with Crippen LogP contribution < -0.4 is 0 Å². The first kappa shape index (κ1) is 26.7. The third-order valence-electron chi connectivity index (χ3n) is 4.01. The fourth-order valence-electron chi connectivity index (χ4n) is 2.76. The van der Waals surface area contributed by atoms with Crippen LogP contribution in [0.1, 0.15) is 88.6 Å². The average Bonchev–Trinajstić information content (AvgIpc) is 2.63. The van der Waals surface area contributed by atoms with Gasteiger partial charge in [-0.1, -0.05) is 108 Å². The van der Waals surface area contributed by atoms with Crippen molar-refractivity contribution in [3.63, 3.8) is 0 Å². The molecule has 0 heteroatoms. The summed E-state index contributed by atoms with van der Waals surface area (Å²) in [5.41, 5.74) is 7.00. The van der Waals surface area contributed by atoms with Gasteiger partial charge < -0.3 is 0 Å². The highest BCUT2D eigenvalue weighted by atomic mass is 14.1. The van der Waals surface area contributed by atoms with Crippen LogP contribution in [0.2, 0.25) is 0 Å². The van der Waals surface area contributed by atoms with E-state index in [4.69, 9.17) is 0 Å². The van der Waals surface area contributed by atoms with Gasteiger partial charge in [-0.2, -0.15) is 0 Å². The molecule has 1 atom stereocenters. The molecule has 0 aromatic heterocycles. The highest BCUT2D eigenvalue weighted by Crippen LogP contribution is 2.26. The van der Waals surface area contributed by atoms with E-state index < -0.39 is 0 Å². The summed E-state index contributed by atoms with van der Waals surface area (Å²) in [6, 6.07) is 15.3. The zero-order chi connectivity index (χ0) is 20.7. The quantitative estimate of drug-likeness (QED) is 0.515. The fraction of sp³-hybridized carbons (Fsp3) is 0.538. The third-order valence-corrected chi connectivity index (χ3v) is 4.01. The lowest BCUT2D eigenvalue weighted by molar-refractivity contribution is 0.522. The highest BCUT2D eigenvalue weighted by molar-refractivity contribution is 5.32. The smallest absolute Gasteiger partial charge is 0.0185 e. The minimum Gasteiger partial charge on any atom is -0.0683 e. The Kier molecular flexibility index (Phi) is 16.1. The van der Waals surface area contributed by atoms with Gasteiger partial charge in [0.15, 0.2) is 0 Å². The molecular weight excluding hydrogens is 312 g/mol. The van der Waals surface area contributed by atoms with Crippen LogP contribution >= 0.6 is 0 Å². The molecule has 0 fully saturated rings. The van der Waals surface area contributed by atoms with Crippen molar-refractivity contribution >= 4 is 0 Å². The normalized spacial score (nSPS) is 10.5. The summed E-state index contributed by atoms with van der Waals surface area (Å²) in [7, 11) is 0. The molecule has 2 aromatic carbocycles. The molecule has 0 aliphatic rings. The van der Waals surface area contributed by atoms with Crippen LogP contribution in [-0.4, -0.2) is 0 Å². The first-order valence-electron chi connectivity index (χ1n) is 10.4. The molecule has 0 N–H and O–H groups in total. The van der Waals surface area contributed by atoms with Gasteiger partial charge in [0, 0.05) is 0 Å². The van der Waals surface area contributed by atoms with Gasteiger partial charge in [0.05, 0.1) is 0 Å². The van der Waals surface area contributed by atoms with Crippen molar-refractivity contribution < 1.29 is 0 Å². The maximum absolute atomic E-state index is 2.34. The fourth-order valence-corrected chi connectivity index (χ4v) is 2.76. The van der Waals surface area contributed by atoms with Crippen LogP contribution in [0.25, 0.3) is 0 Å². The van der Waals surface area contributed by atoms with Gasteiger partial charge in [-0.15, -0.1) is 0 Å². The number of aryl methyl sites for hydroxylation is 4. The van der Waals surface area contributed by atoms with Gasteiger partial charge in [0.2, 0.25) is 0 Å². The first-order chi connectivity index (χ1) is 12.3. The molecule has 2 aromatic rings. The van der Waals surface area contributed by atoms with Crippen molar-refractivity contribution in [3.8, 4) is 0 Å². The van der Waals surface area contributed by atoms with Gasteiger partial charge in [-0.3, -0.25) is 0 Å². The predicted octanol–water partition coefficient (Wildman–Crippen LogP) is 8.81. The molecule has 0 saturated carbocycles. The summed E-state index contributed by atoms with van der Waals surface area (Å²) < 4.78 is 0. The molecule has 2 rings (SSSR count). The minimum atomic E-state index is 0.690. The van der Waals surface area contributed by atoms with Crippen molar-refractivity contribution in [3.05, 3.63) is 70.3 Å². The monoisotopic (exact) mass is 356 g/mol. The molecule has 0 radical (unpaired) electrons. The lowest BCUT2D eigenvalue weighted by Gasteiger charge is -2.17. The topological polar surface area (TPSA) is 0 Å². The van der Waals surface area contributed by atoms with E-state index in [0.717, 1.165) is 5.92 Å². The van der Waals surface area contributed by atoms with E-state index in [-0.39, 0.29) is 0 Å².